The zero-order chi connectivity index (χ0) is 15.0. The minimum atomic E-state index is 0.734. The molecule has 0 atom stereocenters. The van der Waals surface area contributed by atoms with E-state index in [9.17, 15) is 0 Å². The summed E-state index contributed by atoms with van der Waals surface area (Å²) in [4.78, 5) is 0. The van der Waals surface area contributed by atoms with Crippen molar-refractivity contribution in [3.05, 3.63) is 22.3 Å². The molecular formula is C20H36. The second-order valence-electron chi connectivity index (χ2n) is 6.73. The normalized spacial score (nSPS) is 15.9. The Labute approximate surface area is 127 Å². The summed E-state index contributed by atoms with van der Waals surface area (Å²) >= 11 is 0. The van der Waals surface area contributed by atoms with Crippen molar-refractivity contribution in [2.45, 2.75) is 98.8 Å². The van der Waals surface area contributed by atoms with Gasteiger partial charge in [-0.1, -0.05) is 65.0 Å². The predicted molar refractivity (Wildman–Crippen MR) is 92.1 cm³/mol. The van der Waals surface area contributed by atoms with Crippen molar-refractivity contribution >= 4 is 0 Å². The number of hydrogen-bond acceptors (Lipinski definition) is 0. The van der Waals surface area contributed by atoms with Crippen LogP contribution in [0.15, 0.2) is 22.3 Å². The highest BCUT2D eigenvalue weighted by Gasteiger charge is 2.24. The molecule has 20 heavy (non-hydrogen) atoms. The maximum Gasteiger partial charge on any atom is -0.00940 e. The van der Waals surface area contributed by atoms with Crippen LogP contribution in [-0.4, -0.2) is 0 Å². The van der Waals surface area contributed by atoms with Gasteiger partial charge in [-0.25, -0.2) is 0 Å². The molecule has 1 aliphatic rings. The first-order valence-corrected chi connectivity index (χ1v) is 9.08. The lowest BCUT2D eigenvalue weighted by atomic mass is 9.91. The third kappa shape index (κ3) is 4.79. The minimum absolute atomic E-state index is 0.734. The molecule has 0 radical (unpaired) electrons. The van der Waals surface area contributed by atoms with Crippen molar-refractivity contribution in [2.75, 3.05) is 0 Å². The summed E-state index contributed by atoms with van der Waals surface area (Å²) < 4.78 is 0. The van der Waals surface area contributed by atoms with Crippen LogP contribution in [-0.2, 0) is 0 Å². The van der Waals surface area contributed by atoms with Crippen LogP contribution in [0.1, 0.15) is 98.8 Å². The van der Waals surface area contributed by atoms with Gasteiger partial charge in [-0.05, 0) is 62.0 Å². The highest BCUT2D eigenvalue weighted by Crippen LogP contribution is 2.42. The van der Waals surface area contributed by atoms with E-state index in [1.54, 1.807) is 22.3 Å². The lowest BCUT2D eigenvalue weighted by molar-refractivity contribution is 0.704. The number of hydrogen-bond donors (Lipinski definition) is 0. The first kappa shape index (κ1) is 17.5. The third-order valence-corrected chi connectivity index (χ3v) is 4.67. The molecule has 0 aliphatic heterocycles. The van der Waals surface area contributed by atoms with Crippen molar-refractivity contribution in [1.82, 2.24) is 0 Å². The van der Waals surface area contributed by atoms with Gasteiger partial charge in [0.15, 0.2) is 0 Å². The van der Waals surface area contributed by atoms with Gasteiger partial charge in [0.25, 0.3) is 0 Å². The molecule has 0 bridgehead atoms. The van der Waals surface area contributed by atoms with Gasteiger partial charge in [-0.2, -0.15) is 0 Å². The average molecular weight is 277 g/mol. The Bertz CT molecular complexity index is 341. The fourth-order valence-electron chi connectivity index (χ4n) is 3.38. The van der Waals surface area contributed by atoms with Crippen molar-refractivity contribution in [1.29, 1.82) is 0 Å². The smallest absolute Gasteiger partial charge is 0.00940 e. The van der Waals surface area contributed by atoms with Gasteiger partial charge in [0, 0.05) is 0 Å². The van der Waals surface area contributed by atoms with E-state index >= 15 is 0 Å². The summed E-state index contributed by atoms with van der Waals surface area (Å²) in [5, 5.41) is 0. The topological polar surface area (TPSA) is 0 Å². The largest absolute Gasteiger partial charge is 0.0654 e. The Hall–Kier alpha value is -0.520. The number of allylic oxidation sites excluding steroid dienone is 4. The molecule has 0 unspecified atom stereocenters. The van der Waals surface area contributed by atoms with Crippen LogP contribution >= 0.6 is 0 Å². The van der Waals surface area contributed by atoms with Gasteiger partial charge < -0.3 is 0 Å². The summed E-state index contributed by atoms with van der Waals surface area (Å²) in [6.07, 6.45) is 13.4. The van der Waals surface area contributed by atoms with Crippen LogP contribution in [0, 0.1) is 5.92 Å². The van der Waals surface area contributed by atoms with Crippen molar-refractivity contribution in [2.24, 2.45) is 5.92 Å². The maximum atomic E-state index is 2.39. The average Bonchev–Trinajstić information content (AvgIpc) is 2.78. The van der Waals surface area contributed by atoms with Crippen LogP contribution in [0.3, 0.4) is 0 Å². The Morgan fingerprint density at radius 2 is 1.25 bits per heavy atom. The van der Waals surface area contributed by atoms with Crippen molar-refractivity contribution in [3.8, 4) is 0 Å². The number of unbranched alkanes of at least 4 members (excludes halogenated alkanes) is 3. The standard InChI is InChI=1S/C20H36/c1-6-9-12-17-15-20(16(4)5)19(14-11-8-3)18(17)13-10-7-2/h16H,6-15H2,1-5H3. The van der Waals surface area contributed by atoms with Crippen LogP contribution in [0.2, 0.25) is 0 Å². The quantitative estimate of drug-likeness (QED) is 0.395. The Kier molecular flexibility index (Phi) is 8.26. The second-order valence-corrected chi connectivity index (χ2v) is 6.73. The molecular weight excluding hydrogens is 240 g/mol. The van der Waals surface area contributed by atoms with E-state index in [0.717, 1.165) is 5.92 Å². The van der Waals surface area contributed by atoms with E-state index in [4.69, 9.17) is 0 Å². The van der Waals surface area contributed by atoms with Crippen LogP contribution in [0.5, 0.6) is 0 Å². The Morgan fingerprint density at radius 1 is 0.750 bits per heavy atom. The molecule has 0 heterocycles. The Morgan fingerprint density at radius 3 is 1.75 bits per heavy atom. The zero-order valence-corrected chi connectivity index (χ0v) is 14.6. The zero-order valence-electron chi connectivity index (χ0n) is 14.6. The molecule has 1 rings (SSSR count). The lowest BCUT2D eigenvalue weighted by Gasteiger charge is -2.14. The summed E-state index contributed by atoms with van der Waals surface area (Å²) in [6, 6.07) is 0. The van der Waals surface area contributed by atoms with Gasteiger partial charge in [-0.3, -0.25) is 0 Å². The SMILES string of the molecule is CCCCC1=C(CCCC)C(CCCC)=C(C(C)C)C1. The Balaban J connectivity index is 2.94. The molecule has 0 N–H and O–H groups in total. The molecule has 0 aromatic heterocycles. The summed E-state index contributed by atoms with van der Waals surface area (Å²) in [7, 11) is 0. The van der Waals surface area contributed by atoms with Crippen LogP contribution in [0.25, 0.3) is 0 Å². The predicted octanol–water partition coefficient (Wildman–Crippen LogP) is 7.21. The van der Waals surface area contributed by atoms with Crippen LogP contribution < -0.4 is 0 Å². The second kappa shape index (κ2) is 9.42. The molecule has 116 valence electrons. The van der Waals surface area contributed by atoms with E-state index in [1.165, 1.54) is 64.2 Å². The molecule has 0 saturated heterocycles. The third-order valence-electron chi connectivity index (χ3n) is 4.67. The summed E-state index contributed by atoms with van der Waals surface area (Å²) in [6.45, 7) is 11.7. The van der Waals surface area contributed by atoms with E-state index in [2.05, 4.69) is 34.6 Å². The van der Waals surface area contributed by atoms with Gasteiger partial charge in [-0.15, -0.1) is 0 Å². The summed E-state index contributed by atoms with van der Waals surface area (Å²) in [5.41, 5.74) is 7.14. The van der Waals surface area contributed by atoms with Crippen LogP contribution in [0.4, 0.5) is 0 Å². The first-order valence-electron chi connectivity index (χ1n) is 9.08. The van der Waals surface area contributed by atoms with E-state index in [-0.39, 0.29) is 0 Å². The molecule has 0 saturated carbocycles. The highest BCUT2D eigenvalue weighted by molar-refractivity contribution is 5.48. The molecule has 0 amide bonds. The summed E-state index contributed by atoms with van der Waals surface area (Å²) in [5.74, 6) is 0.734. The molecule has 0 nitrogen and oxygen atoms in total. The van der Waals surface area contributed by atoms with Gasteiger partial charge in [0.05, 0.1) is 0 Å². The van der Waals surface area contributed by atoms with Gasteiger partial charge in [0.2, 0.25) is 0 Å². The fourth-order valence-corrected chi connectivity index (χ4v) is 3.38. The molecule has 0 aromatic carbocycles. The molecule has 0 heteroatoms. The first-order chi connectivity index (χ1) is 9.65. The van der Waals surface area contributed by atoms with E-state index < -0.39 is 0 Å². The minimum Gasteiger partial charge on any atom is -0.0654 e. The molecule has 0 spiro atoms. The van der Waals surface area contributed by atoms with E-state index in [0.29, 0.717) is 0 Å². The lowest BCUT2D eigenvalue weighted by Crippen LogP contribution is -1.97. The monoisotopic (exact) mass is 276 g/mol. The highest BCUT2D eigenvalue weighted by atomic mass is 14.3. The number of rotatable bonds is 10. The fraction of sp³-hybridized carbons (Fsp3) is 0.800. The van der Waals surface area contributed by atoms with E-state index in [1.807, 2.05) is 0 Å². The van der Waals surface area contributed by atoms with Crippen molar-refractivity contribution < 1.29 is 0 Å². The molecule has 0 fully saturated rings. The van der Waals surface area contributed by atoms with Crippen molar-refractivity contribution in [3.63, 3.8) is 0 Å². The molecule has 0 aromatic rings. The molecule has 1 aliphatic carbocycles. The van der Waals surface area contributed by atoms with Gasteiger partial charge in [0.1, 0.15) is 0 Å². The van der Waals surface area contributed by atoms with Gasteiger partial charge >= 0.3 is 0 Å². The maximum absolute atomic E-state index is 2.39.